The zero-order valence-corrected chi connectivity index (χ0v) is 10.9. The lowest BCUT2D eigenvalue weighted by Gasteiger charge is -1.92. The summed E-state index contributed by atoms with van der Waals surface area (Å²) in [6, 6.07) is 14.9. The second kappa shape index (κ2) is 5.58. The molecule has 0 amide bonds. The lowest BCUT2D eigenvalue weighted by Crippen LogP contribution is -1.82. The summed E-state index contributed by atoms with van der Waals surface area (Å²) >= 11 is 0. The highest BCUT2D eigenvalue weighted by Gasteiger charge is 2.11. The van der Waals surface area contributed by atoms with E-state index < -0.39 is 0 Å². The Morgan fingerprint density at radius 2 is 1.76 bits per heavy atom. The molecule has 3 rings (SSSR count). The van der Waals surface area contributed by atoms with Gasteiger partial charge in [-0.1, -0.05) is 18.2 Å². The summed E-state index contributed by atoms with van der Waals surface area (Å²) in [5.41, 5.74) is 1.53. The van der Waals surface area contributed by atoms with Crippen molar-refractivity contribution in [3.63, 3.8) is 0 Å². The Hall–Kier alpha value is -2.95. The molecule has 0 spiro atoms. The van der Waals surface area contributed by atoms with E-state index in [-0.39, 0.29) is 17.5 Å². The maximum atomic E-state index is 12.8. The van der Waals surface area contributed by atoms with Crippen LogP contribution in [0.2, 0.25) is 0 Å². The smallest absolute Gasteiger partial charge is 0.312 e. The van der Waals surface area contributed by atoms with Crippen LogP contribution in [0.4, 0.5) is 10.1 Å². The van der Waals surface area contributed by atoms with Gasteiger partial charge >= 0.3 is 5.95 Å². The largest absolute Gasteiger partial charge is 0.479 e. The summed E-state index contributed by atoms with van der Waals surface area (Å²) in [5, 5.41) is 9.73. The van der Waals surface area contributed by atoms with Crippen molar-refractivity contribution >= 4 is 11.9 Å². The van der Waals surface area contributed by atoms with Crippen molar-refractivity contribution in [1.82, 2.24) is 4.98 Å². The molecule has 4 nitrogen and oxygen atoms in total. The lowest BCUT2D eigenvalue weighted by atomic mass is 10.2. The number of hydrogen-bond donors (Lipinski definition) is 1. The standard InChI is InChI=1S/C16H11FN2O2/c17-12-6-8-13(9-7-12)18-10-14-16(20)21-15(19-14)11-4-2-1-3-5-11/h1-10,20H. The molecule has 5 heteroatoms. The van der Waals surface area contributed by atoms with Crippen LogP contribution >= 0.6 is 0 Å². The SMILES string of the molecule is Oc1oc(-c2ccccc2)nc1C=Nc1ccc(F)cc1. The van der Waals surface area contributed by atoms with Gasteiger partial charge in [-0.3, -0.25) is 4.99 Å². The van der Waals surface area contributed by atoms with Crippen LogP contribution in [0.5, 0.6) is 5.95 Å². The van der Waals surface area contributed by atoms with Crippen molar-refractivity contribution in [2.45, 2.75) is 0 Å². The van der Waals surface area contributed by atoms with Gasteiger partial charge in [-0.05, 0) is 36.4 Å². The molecule has 0 aliphatic rings. The maximum Gasteiger partial charge on any atom is 0.312 e. The molecule has 0 bridgehead atoms. The quantitative estimate of drug-likeness (QED) is 0.740. The Balaban J connectivity index is 1.86. The molecule has 2 aromatic carbocycles. The second-order valence-electron chi connectivity index (χ2n) is 4.31. The Bertz CT molecular complexity index is 765. The zero-order valence-electron chi connectivity index (χ0n) is 10.9. The monoisotopic (exact) mass is 282 g/mol. The van der Waals surface area contributed by atoms with Crippen LogP contribution in [-0.2, 0) is 0 Å². The minimum Gasteiger partial charge on any atom is -0.479 e. The molecule has 0 radical (unpaired) electrons. The topological polar surface area (TPSA) is 58.6 Å². The third-order valence-corrected chi connectivity index (χ3v) is 2.82. The molecule has 0 aliphatic carbocycles. The normalized spacial score (nSPS) is 11.1. The van der Waals surface area contributed by atoms with Crippen LogP contribution in [0.15, 0.2) is 64.0 Å². The molecular formula is C16H11FN2O2. The number of hydrogen-bond acceptors (Lipinski definition) is 4. The first kappa shape index (κ1) is 13.1. The fraction of sp³-hybridized carbons (Fsp3) is 0. The molecular weight excluding hydrogens is 271 g/mol. The Morgan fingerprint density at radius 3 is 2.48 bits per heavy atom. The van der Waals surface area contributed by atoms with E-state index in [9.17, 15) is 9.50 Å². The molecule has 0 aliphatic heterocycles. The molecule has 1 N–H and O–H groups in total. The number of aromatic nitrogens is 1. The number of aromatic hydroxyl groups is 1. The van der Waals surface area contributed by atoms with E-state index >= 15 is 0 Å². The van der Waals surface area contributed by atoms with E-state index in [2.05, 4.69) is 9.98 Å². The van der Waals surface area contributed by atoms with Gasteiger partial charge in [-0.2, -0.15) is 0 Å². The molecule has 0 atom stereocenters. The molecule has 0 saturated carbocycles. The molecule has 0 fully saturated rings. The van der Waals surface area contributed by atoms with Gasteiger partial charge in [0.05, 0.1) is 11.9 Å². The molecule has 21 heavy (non-hydrogen) atoms. The van der Waals surface area contributed by atoms with E-state index in [4.69, 9.17) is 4.42 Å². The van der Waals surface area contributed by atoms with Gasteiger partial charge in [0.15, 0.2) is 5.69 Å². The van der Waals surface area contributed by atoms with Crippen molar-refractivity contribution in [1.29, 1.82) is 0 Å². The molecule has 1 heterocycles. The van der Waals surface area contributed by atoms with Gasteiger partial charge < -0.3 is 9.52 Å². The number of rotatable bonds is 3. The summed E-state index contributed by atoms with van der Waals surface area (Å²) < 4.78 is 18.0. The van der Waals surface area contributed by atoms with Crippen molar-refractivity contribution in [2.75, 3.05) is 0 Å². The van der Waals surface area contributed by atoms with Crippen LogP contribution in [0.3, 0.4) is 0 Å². The maximum absolute atomic E-state index is 12.8. The van der Waals surface area contributed by atoms with Gasteiger partial charge in [0.2, 0.25) is 5.89 Å². The number of oxazole rings is 1. The highest BCUT2D eigenvalue weighted by molar-refractivity contribution is 5.82. The third kappa shape index (κ3) is 2.97. The van der Waals surface area contributed by atoms with Crippen LogP contribution in [0, 0.1) is 5.82 Å². The molecule has 104 valence electrons. The lowest BCUT2D eigenvalue weighted by molar-refractivity contribution is 0.337. The third-order valence-electron chi connectivity index (χ3n) is 2.82. The minimum absolute atomic E-state index is 0.221. The Kier molecular flexibility index (Phi) is 3.47. The second-order valence-corrected chi connectivity index (χ2v) is 4.31. The summed E-state index contributed by atoms with van der Waals surface area (Å²) in [7, 11) is 0. The summed E-state index contributed by atoms with van der Waals surface area (Å²) in [6.07, 6.45) is 1.37. The predicted octanol–water partition coefficient (Wildman–Crippen LogP) is 3.94. The summed E-state index contributed by atoms with van der Waals surface area (Å²) in [6.45, 7) is 0. The highest BCUT2D eigenvalue weighted by atomic mass is 19.1. The van der Waals surface area contributed by atoms with E-state index in [0.29, 0.717) is 11.6 Å². The van der Waals surface area contributed by atoms with E-state index in [0.717, 1.165) is 5.56 Å². The van der Waals surface area contributed by atoms with Gasteiger partial charge in [-0.15, -0.1) is 0 Å². The van der Waals surface area contributed by atoms with Crippen molar-refractivity contribution in [2.24, 2.45) is 4.99 Å². The fourth-order valence-electron chi connectivity index (χ4n) is 1.78. The summed E-state index contributed by atoms with van der Waals surface area (Å²) in [5.74, 6) is -0.321. The average Bonchev–Trinajstić information content (AvgIpc) is 2.89. The number of halogens is 1. The van der Waals surface area contributed by atoms with Gasteiger partial charge in [0.1, 0.15) is 5.82 Å². The Morgan fingerprint density at radius 1 is 1.05 bits per heavy atom. The molecule has 0 saturated heterocycles. The van der Waals surface area contributed by atoms with Crippen LogP contribution in [0.25, 0.3) is 11.5 Å². The minimum atomic E-state index is -0.329. The number of aliphatic imine (C=N–C) groups is 1. The van der Waals surface area contributed by atoms with Crippen molar-refractivity contribution < 1.29 is 13.9 Å². The number of nitrogens with zero attached hydrogens (tertiary/aromatic N) is 2. The van der Waals surface area contributed by atoms with Crippen molar-refractivity contribution in [3.05, 3.63) is 66.1 Å². The van der Waals surface area contributed by atoms with Gasteiger partial charge in [0.25, 0.3) is 0 Å². The van der Waals surface area contributed by atoms with Gasteiger partial charge in [0, 0.05) is 5.56 Å². The van der Waals surface area contributed by atoms with E-state index in [1.54, 1.807) is 0 Å². The van der Waals surface area contributed by atoms with Gasteiger partial charge in [-0.25, -0.2) is 9.37 Å². The molecule has 1 aromatic heterocycles. The first-order valence-corrected chi connectivity index (χ1v) is 6.27. The van der Waals surface area contributed by atoms with Crippen LogP contribution < -0.4 is 0 Å². The Labute approximate surface area is 120 Å². The van der Waals surface area contributed by atoms with Crippen LogP contribution in [-0.4, -0.2) is 16.3 Å². The van der Waals surface area contributed by atoms with E-state index in [1.165, 1.54) is 30.5 Å². The highest BCUT2D eigenvalue weighted by Crippen LogP contribution is 2.25. The van der Waals surface area contributed by atoms with Crippen molar-refractivity contribution in [3.8, 4) is 17.4 Å². The average molecular weight is 282 g/mol. The van der Waals surface area contributed by atoms with Crippen LogP contribution in [0.1, 0.15) is 5.69 Å². The molecule has 0 unspecified atom stereocenters. The first-order chi connectivity index (χ1) is 10.2. The molecule has 3 aromatic rings. The zero-order chi connectivity index (χ0) is 14.7. The van der Waals surface area contributed by atoms with E-state index in [1.807, 2.05) is 30.3 Å². The fourth-order valence-corrected chi connectivity index (χ4v) is 1.78. The first-order valence-electron chi connectivity index (χ1n) is 6.27. The summed E-state index contributed by atoms with van der Waals surface area (Å²) in [4.78, 5) is 8.28. The number of benzene rings is 2. The predicted molar refractivity (Wildman–Crippen MR) is 77.3 cm³/mol.